The second-order valence-corrected chi connectivity index (χ2v) is 10.0. The van der Waals surface area contributed by atoms with Gasteiger partial charge in [0.25, 0.3) is 0 Å². The van der Waals surface area contributed by atoms with Crippen LogP contribution in [0, 0.1) is 5.92 Å². The summed E-state index contributed by atoms with van der Waals surface area (Å²) in [5, 5.41) is 4.91. The molecule has 1 aliphatic heterocycles. The molecule has 30 heavy (non-hydrogen) atoms. The Labute approximate surface area is 186 Å². The highest BCUT2D eigenvalue weighted by Gasteiger charge is 2.36. The van der Waals surface area contributed by atoms with Crippen molar-refractivity contribution in [3.05, 3.63) is 69.3 Å². The number of anilines is 1. The molecular weight excluding hydrogens is 414 g/mol. The number of amides is 2. The number of para-hydroxylation sites is 1. The van der Waals surface area contributed by atoms with E-state index >= 15 is 0 Å². The largest absolute Gasteiger partial charge is 0.322 e. The summed E-state index contributed by atoms with van der Waals surface area (Å²) in [6, 6.07) is 11.6. The molecule has 0 radical (unpaired) electrons. The summed E-state index contributed by atoms with van der Waals surface area (Å²) < 4.78 is 2.33. The van der Waals surface area contributed by atoms with Crippen LogP contribution in [0.1, 0.15) is 54.4 Å². The number of hydrogen-bond donors (Lipinski definition) is 1. The third-order valence-electron chi connectivity index (χ3n) is 6.23. The fourth-order valence-electron chi connectivity index (χ4n) is 4.87. The van der Waals surface area contributed by atoms with E-state index in [0.717, 1.165) is 12.8 Å². The molecule has 1 aliphatic carbocycles. The molecule has 3 heterocycles. The van der Waals surface area contributed by atoms with Crippen molar-refractivity contribution in [2.75, 3.05) is 5.32 Å². The maximum absolute atomic E-state index is 13.6. The Kier molecular flexibility index (Phi) is 5.11. The molecule has 5 rings (SSSR count). The van der Waals surface area contributed by atoms with Crippen LogP contribution >= 0.6 is 22.9 Å². The van der Waals surface area contributed by atoms with Gasteiger partial charge in [0, 0.05) is 22.3 Å². The van der Waals surface area contributed by atoms with E-state index in [-0.39, 0.29) is 18.0 Å². The number of rotatable bonds is 2. The number of nitrogens with zero attached hydrogens (tertiary/aromatic N) is 2. The number of carbonyl (C=O) groups is 1. The van der Waals surface area contributed by atoms with Crippen molar-refractivity contribution >= 4 is 34.7 Å². The van der Waals surface area contributed by atoms with Gasteiger partial charge >= 0.3 is 6.03 Å². The summed E-state index contributed by atoms with van der Waals surface area (Å²) in [6.07, 6.45) is 6.92. The number of nitrogens with one attached hydrogen (secondary N) is 1. The van der Waals surface area contributed by atoms with E-state index in [2.05, 4.69) is 42.1 Å². The second-order valence-electron chi connectivity index (χ2n) is 8.52. The number of hydrogen-bond acceptors (Lipinski definition) is 2. The maximum Gasteiger partial charge on any atom is 0.322 e. The van der Waals surface area contributed by atoms with E-state index in [9.17, 15) is 4.79 Å². The van der Waals surface area contributed by atoms with Crippen LogP contribution in [0.25, 0.3) is 5.00 Å². The second kappa shape index (κ2) is 7.78. The monoisotopic (exact) mass is 439 g/mol. The lowest BCUT2D eigenvalue weighted by molar-refractivity contribution is 0.161. The van der Waals surface area contributed by atoms with Gasteiger partial charge in [-0.05, 0) is 61.4 Å². The van der Waals surface area contributed by atoms with Crippen molar-refractivity contribution in [3.63, 3.8) is 0 Å². The van der Waals surface area contributed by atoms with Gasteiger partial charge in [-0.1, -0.05) is 37.6 Å². The average Bonchev–Trinajstić information content (AvgIpc) is 3.31. The minimum Gasteiger partial charge on any atom is -0.311 e. The van der Waals surface area contributed by atoms with Crippen LogP contribution < -0.4 is 5.32 Å². The van der Waals surface area contributed by atoms with Gasteiger partial charge in [-0.2, -0.15) is 0 Å². The zero-order valence-electron chi connectivity index (χ0n) is 17.3. The Morgan fingerprint density at radius 3 is 2.73 bits per heavy atom. The van der Waals surface area contributed by atoms with Gasteiger partial charge in [-0.3, -0.25) is 0 Å². The summed E-state index contributed by atoms with van der Waals surface area (Å²) in [4.78, 5) is 17.1. The van der Waals surface area contributed by atoms with Gasteiger partial charge < -0.3 is 14.8 Å². The van der Waals surface area contributed by atoms with Gasteiger partial charge in [-0.15, -0.1) is 11.3 Å². The molecule has 3 aromatic rings. The SMILES string of the molecule is CC(C)C1c2cccn2-c2sc3c(c2CN1C(=O)Nc1ccccc1Cl)CCCC3. The molecule has 2 aromatic heterocycles. The van der Waals surface area contributed by atoms with Crippen molar-refractivity contribution in [2.24, 2.45) is 5.92 Å². The predicted molar refractivity (Wildman–Crippen MR) is 124 cm³/mol. The minimum atomic E-state index is -0.0989. The molecule has 1 aromatic carbocycles. The van der Waals surface area contributed by atoms with Crippen molar-refractivity contribution in [2.45, 2.75) is 52.1 Å². The van der Waals surface area contributed by atoms with Crippen LogP contribution in [0.4, 0.5) is 10.5 Å². The molecule has 0 bridgehead atoms. The molecule has 0 saturated heterocycles. The first-order chi connectivity index (χ1) is 14.5. The van der Waals surface area contributed by atoms with E-state index in [4.69, 9.17) is 11.6 Å². The van der Waals surface area contributed by atoms with Gasteiger partial charge in [0.1, 0.15) is 5.00 Å². The number of benzene rings is 1. The van der Waals surface area contributed by atoms with Gasteiger partial charge in [0.05, 0.1) is 23.3 Å². The zero-order valence-corrected chi connectivity index (χ0v) is 18.9. The average molecular weight is 440 g/mol. The lowest BCUT2D eigenvalue weighted by atomic mass is 9.94. The third-order valence-corrected chi connectivity index (χ3v) is 7.90. The minimum absolute atomic E-state index is 0.0127. The fourth-order valence-corrected chi connectivity index (χ4v) is 6.46. The number of urea groups is 1. The van der Waals surface area contributed by atoms with Gasteiger partial charge in [0.2, 0.25) is 0 Å². The van der Waals surface area contributed by atoms with Crippen molar-refractivity contribution < 1.29 is 4.79 Å². The zero-order chi connectivity index (χ0) is 20.8. The summed E-state index contributed by atoms with van der Waals surface area (Å²) in [7, 11) is 0. The van der Waals surface area contributed by atoms with E-state index in [0.29, 0.717) is 17.3 Å². The van der Waals surface area contributed by atoms with Crippen LogP contribution in [0.5, 0.6) is 0 Å². The van der Waals surface area contributed by atoms with E-state index in [1.165, 1.54) is 39.5 Å². The van der Waals surface area contributed by atoms with Gasteiger partial charge in [0.15, 0.2) is 0 Å². The van der Waals surface area contributed by atoms with E-state index in [1.807, 2.05) is 34.4 Å². The Morgan fingerprint density at radius 2 is 1.93 bits per heavy atom. The third kappa shape index (κ3) is 3.25. The normalized spacial score (nSPS) is 17.9. The van der Waals surface area contributed by atoms with E-state index < -0.39 is 0 Å². The van der Waals surface area contributed by atoms with Crippen LogP contribution in [0.3, 0.4) is 0 Å². The molecule has 6 heteroatoms. The molecular formula is C24H26ClN3OS. The highest BCUT2D eigenvalue weighted by molar-refractivity contribution is 7.15. The number of thiophene rings is 1. The number of fused-ring (bicyclic) bond motifs is 5. The first-order valence-electron chi connectivity index (χ1n) is 10.7. The highest BCUT2D eigenvalue weighted by Crippen LogP contribution is 2.44. The lowest BCUT2D eigenvalue weighted by Gasteiger charge is -2.33. The summed E-state index contributed by atoms with van der Waals surface area (Å²) in [5.41, 5.74) is 4.63. The highest BCUT2D eigenvalue weighted by atomic mass is 35.5. The number of carbonyl (C=O) groups excluding carboxylic acids is 1. The molecule has 1 atom stereocenters. The standard InChI is InChI=1S/C24H26ClN3OS/c1-15(2)22-20-11-7-13-27(20)23-17(16-8-3-6-12-21(16)30-23)14-28(22)24(29)26-19-10-5-4-9-18(19)25/h4-5,7,9-11,13,15,22H,3,6,8,12,14H2,1-2H3,(H,26,29). The molecule has 4 nitrogen and oxygen atoms in total. The Hall–Kier alpha value is -2.24. The molecule has 156 valence electrons. The first-order valence-corrected chi connectivity index (χ1v) is 11.9. The molecule has 1 N–H and O–H groups in total. The molecule has 2 amide bonds. The summed E-state index contributed by atoms with van der Waals surface area (Å²) >= 11 is 8.24. The molecule has 1 unspecified atom stereocenters. The number of aromatic nitrogens is 1. The van der Waals surface area contributed by atoms with Crippen LogP contribution in [-0.2, 0) is 19.4 Å². The fraction of sp³-hybridized carbons (Fsp3) is 0.375. The van der Waals surface area contributed by atoms with Gasteiger partial charge in [-0.25, -0.2) is 4.79 Å². The Morgan fingerprint density at radius 1 is 1.13 bits per heavy atom. The van der Waals surface area contributed by atoms with Crippen molar-refractivity contribution in [3.8, 4) is 5.00 Å². The number of aryl methyl sites for hydroxylation is 1. The van der Waals surface area contributed by atoms with Crippen LogP contribution in [0.2, 0.25) is 5.02 Å². The molecule has 0 saturated carbocycles. The Balaban J connectivity index is 1.61. The predicted octanol–water partition coefficient (Wildman–Crippen LogP) is 6.82. The molecule has 2 aliphatic rings. The van der Waals surface area contributed by atoms with Crippen molar-refractivity contribution in [1.29, 1.82) is 0 Å². The van der Waals surface area contributed by atoms with Crippen molar-refractivity contribution in [1.82, 2.24) is 9.47 Å². The van der Waals surface area contributed by atoms with E-state index in [1.54, 1.807) is 6.07 Å². The first kappa shape index (κ1) is 19.7. The van der Waals surface area contributed by atoms with Crippen LogP contribution in [0.15, 0.2) is 42.6 Å². The topological polar surface area (TPSA) is 37.3 Å². The smallest absolute Gasteiger partial charge is 0.311 e. The number of halogens is 1. The lowest BCUT2D eigenvalue weighted by Crippen LogP contribution is -2.39. The quantitative estimate of drug-likeness (QED) is 0.467. The van der Waals surface area contributed by atoms with Crippen LogP contribution in [-0.4, -0.2) is 15.5 Å². The maximum atomic E-state index is 13.6. The summed E-state index contributed by atoms with van der Waals surface area (Å²) in [6.45, 7) is 5.00. The Bertz CT molecular complexity index is 1100. The summed E-state index contributed by atoms with van der Waals surface area (Å²) in [5.74, 6) is 0.278. The molecule has 0 spiro atoms. The molecule has 0 fully saturated rings.